The van der Waals surface area contributed by atoms with Gasteiger partial charge in [0.05, 0.1) is 11.4 Å². The minimum absolute atomic E-state index is 0.0794. The van der Waals surface area contributed by atoms with E-state index in [2.05, 4.69) is 10.6 Å². The molecule has 3 aliphatic heterocycles. The van der Waals surface area contributed by atoms with Crippen molar-refractivity contribution >= 4 is 11.8 Å². The number of carbonyl (C=O) groups excluding carboxylic acids is 2. The van der Waals surface area contributed by atoms with Crippen LogP contribution in [0, 0.1) is 0 Å². The summed E-state index contributed by atoms with van der Waals surface area (Å²) < 4.78 is 0. The number of carbonyl (C=O) groups is 2. The molecule has 1 atom stereocenters. The molecule has 0 aromatic carbocycles. The SMILES string of the molecule is O=C1CN2C(=O)C3C=CC=C(N3)C2=CN1. The minimum atomic E-state index is -0.326. The van der Waals surface area contributed by atoms with Gasteiger partial charge in [0.25, 0.3) is 5.91 Å². The molecule has 5 nitrogen and oxygen atoms in total. The zero-order chi connectivity index (χ0) is 10.4. The molecule has 0 aromatic rings. The van der Waals surface area contributed by atoms with Crippen molar-refractivity contribution in [1.29, 1.82) is 0 Å². The first kappa shape index (κ1) is 8.28. The molecule has 76 valence electrons. The Morgan fingerprint density at radius 1 is 1.40 bits per heavy atom. The summed E-state index contributed by atoms with van der Waals surface area (Å²) in [4.78, 5) is 24.6. The number of hydrogen-bond donors (Lipinski definition) is 2. The Bertz CT molecular complexity index is 448. The van der Waals surface area contributed by atoms with Crippen molar-refractivity contribution in [3.8, 4) is 0 Å². The van der Waals surface area contributed by atoms with Crippen molar-refractivity contribution in [2.45, 2.75) is 6.04 Å². The predicted octanol–water partition coefficient (Wildman–Crippen LogP) is -0.788. The van der Waals surface area contributed by atoms with Gasteiger partial charge in [0, 0.05) is 6.20 Å². The predicted molar refractivity (Wildman–Crippen MR) is 52.1 cm³/mol. The highest BCUT2D eigenvalue weighted by molar-refractivity contribution is 5.94. The molecule has 3 aliphatic rings. The molecule has 1 saturated heterocycles. The highest BCUT2D eigenvalue weighted by Gasteiger charge is 2.36. The van der Waals surface area contributed by atoms with Gasteiger partial charge in [0.15, 0.2) is 0 Å². The van der Waals surface area contributed by atoms with E-state index in [-0.39, 0.29) is 24.4 Å². The number of fused-ring (bicyclic) bond motifs is 4. The van der Waals surface area contributed by atoms with Crippen molar-refractivity contribution in [2.75, 3.05) is 6.54 Å². The molecular formula is C10H9N3O2. The van der Waals surface area contributed by atoms with E-state index in [1.807, 2.05) is 12.2 Å². The number of nitrogens with zero attached hydrogens (tertiary/aromatic N) is 1. The van der Waals surface area contributed by atoms with Crippen LogP contribution < -0.4 is 10.6 Å². The highest BCUT2D eigenvalue weighted by Crippen LogP contribution is 2.24. The summed E-state index contributed by atoms with van der Waals surface area (Å²) >= 11 is 0. The van der Waals surface area contributed by atoms with Crippen LogP contribution in [0.1, 0.15) is 0 Å². The van der Waals surface area contributed by atoms with E-state index in [1.165, 1.54) is 4.90 Å². The molecule has 1 fully saturated rings. The van der Waals surface area contributed by atoms with Crippen molar-refractivity contribution in [3.05, 3.63) is 35.8 Å². The van der Waals surface area contributed by atoms with Crippen LogP contribution in [0.25, 0.3) is 0 Å². The second kappa shape index (κ2) is 2.73. The molecule has 0 saturated carbocycles. The van der Waals surface area contributed by atoms with Crippen LogP contribution in [-0.4, -0.2) is 29.3 Å². The first-order valence-corrected chi connectivity index (χ1v) is 4.72. The molecule has 0 spiro atoms. The molecule has 5 heteroatoms. The molecule has 3 rings (SSSR count). The highest BCUT2D eigenvalue weighted by atomic mass is 16.2. The quantitative estimate of drug-likeness (QED) is 0.542. The zero-order valence-electron chi connectivity index (χ0n) is 7.86. The summed E-state index contributed by atoms with van der Waals surface area (Å²) in [5.41, 5.74) is 1.61. The summed E-state index contributed by atoms with van der Waals surface area (Å²) in [5.74, 6) is -0.235. The normalized spacial score (nSPS) is 27.5. The van der Waals surface area contributed by atoms with Crippen LogP contribution >= 0.6 is 0 Å². The molecular weight excluding hydrogens is 194 g/mol. The van der Waals surface area contributed by atoms with Crippen LogP contribution in [0.4, 0.5) is 0 Å². The van der Waals surface area contributed by atoms with Crippen LogP contribution in [0.2, 0.25) is 0 Å². The Morgan fingerprint density at radius 3 is 3.13 bits per heavy atom. The third-order valence-corrected chi connectivity index (χ3v) is 2.65. The van der Waals surface area contributed by atoms with Gasteiger partial charge in [-0.05, 0) is 6.08 Å². The largest absolute Gasteiger partial charge is 0.369 e. The van der Waals surface area contributed by atoms with E-state index < -0.39 is 0 Å². The fraction of sp³-hybridized carbons (Fsp3) is 0.200. The van der Waals surface area contributed by atoms with Crippen LogP contribution in [0.5, 0.6) is 0 Å². The fourth-order valence-electron chi connectivity index (χ4n) is 1.92. The van der Waals surface area contributed by atoms with Gasteiger partial charge in [0.1, 0.15) is 12.6 Å². The Kier molecular flexibility index (Phi) is 1.50. The average molecular weight is 203 g/mol. The van der Waals surface area contributed by atoms with Gasteiger partial charge < -0.3 is 10.6 Å². The topological polar surface area (TPSA) is 61.4 Å². The number of piperazine rings is 1. The number of hydrogen-bond acceptors (Lipinski definition) is 3. The third-order valence-electron chi connectivity index (χ3n) is 2.65. The van der Waals surface area contributed by atoms with Crippen molar-refractivity contribution < 1.29 is 9.59 Å². The first-order chi connectivity index (χ1) is 7.25. The summed E-state index contributed by atoms with van der Waals surface area (Å²) in [7, 11) is 0. The lowest BCUT2D eigenvalue weighted by atomic mass is 10.0. The fourth-order valence-corrected chi connectivity index (χ4v) is 1.92. The Labute approximate surface area is 86.1 Å². The Morgan fingerprint density at radius 2 is 2.27 bits per heavy atom. The lowest BCUT2D eigenvalue weighted by Gasteiger charge is -2.38. The number of allylic oxidation sites excluding steroid dienone is 2. The third kappa shape index (κ3) is 1.09. The van der Waals surface area contributed by atoms with Crippen LogP contribution in [-0.2, 0) is 9.59 Å². The van der Waals surface area contributed by atoms with E-state index in [1.54, 1.807) is 12.3 Å². The number of dihydropyridines is 1. The summed E-state index contributed by atoms with van der Waals surface area (Å²) in [6, 6.07) is -0.326. The second-order valence-corrected chi connectivity index (χ2v) is 3.61. The van der Waals surface area contributed by atoms with Gasteiger partial charge in [-0.15, -0.1) is 0 Å². The maximum Gasteiger partial charge on any atom is 0.254 e. The molecule has 1 unspecified atom stereocenters. The van der Waals surface area contributed by atoms with Crippen molar-refractivity contribution in [2.24, 2.45) is 0 Å². The Balaban J connectivity index is 2.09. The minimum Gasteiger partial charge on any atom is -0.369 e. The molecule has 3 heterocycles. The zero-order valence-corrected chi connectivity index (χ0v) is 7.86. The van der Waals surface area contributed by atoms with Crippen LogP contribution in [0.15, 0.2) is 35.8 Å². The number of rotatable bonds is 0. The summed E-state index contributed by atoms with van der Waals surface area (Å²) in [6.07, 6.45) is 7.09. The van der Waals surface area contributed by atoms with Gasteiger partial charge in [-0.2, -0.15) is 0 Å². The lowest BCUT2D eigenvalue weighted by Crippen LogP contribution is -2.56. The molecule has 2 bridgehead atoms. The maximum atomic E-state index is 11.9. The van der Waals surface area contributed by atoms with Crippen molar-refractivity contribution in [3.63, 3.8) is 0 Å². The Hall–Kier alpha value is -2.04. The number of amides is 2. The molecule has 0 aromatic heterocycles. The van der Waals surface area contributed by atoms with Gasteiger partial charge in [-0.1, -0.05) is 12.2 Å². The first-order valence-electron chi connectivity index (χ1n) is 4.72. The number of nitrogens with one attached hydrogen (secondary N) is 2. The van der Waals surface area contributed by atoms with Gasteiger partial charge >= 0.3 is 0 Å². The van der Waals surface area contributed by atoms with E-state index >= 15 is 0 Å². The van der Waals surface area contributed by atoms with E-state index in [4.69, 9.17) is 0 Å². The summed E-state index contributed by atoms with van der Waals surface area (Å²) in [5, 5.41) is 5.69. The molecule has 0 aliphatic carbocycles. The summed E-state index contributed by atoms with van der Waals surface area (Å²) in [6.45, 7) is 0.105. The van der Waals surface area contributed by atoms with E-state index in [0.717, 1.165) is 11.4 Å². The van der Waals surface area contributed by atoms with Crippen LogP contribution in [0.3, 0.4) is 0 Å². The standard InChI is InChI=1S/C10H9N3O2/c14-9-5-13-8(4-11-9)6-2-1-3-7(12-6)10(13)15/h1-4,7,12H,5H2,(H,11,14). The second-order valence-electron chi connectivity index (χ2n) is 3.61. The molecule has 0 radical (unpaired) electrons. The maximum absolute atomic E-state index is 11.9. The lowest BCUT2D eigenvalue weighted by molar-refractivity contribution is -0.136. The van der Waals surface area contributed by atoms with Gasteiger partial charge in [0.2, 0.25) is 5.91 Å². The molecule has 15 heavy (non-hydrogen) atoms. The van der Waals surface area contributed by atoms with Crippen molar-refractivity contribution in [1.82, 2.24) is 15.5 Å². The van der Waals surface area contributed by atoms with Gasteiger partial charge in [-0.3, -0.25) is 14.5 Å². The van der Waals surface area contributed by atoms with E-state index in [9.17, 15) is 9.59 Å². The molecule has 2 N–H and O–H groups in total. The smallest absolute Gasteiger partial charge is 0.254 e. The van der Waals surface area contributed by atoms with E-state index in [0.29, 0.717) is 0 Å². The molecule has 2 amide bonds. The average Bonchev–Trinajstić information content (AvgIpc) is 2.27. The monoisotopic (exact) mass is 203 g/mol. The van der Waals surface area contributed by atoms with Gasteiger partial charge in [-0.25, -0.2) is 0 Å².